The fourth-order valence-electron chi connectivity index (χ4n) is 2.58. The number of fused-ring (bicyclic) bond motifs is 1. The Morgan fingerprint density at radius 2 is 2.17 bits per heavy atom. The number of likely N-dealkylation sites (N-methyl/N-ethyl adjacent to an activating group) is 1. The van der Waals surface area contributed by atoms with Crippen molar-refractivity contribution in [1.82, 2.24) is 9.80 Å². The van der Waals surface area contributed by atoms with Gasteiger partial charge in [-0.05, 0) is 46.9 Å². The number of amides is 1. The van der Waals surface area contributed by atoms with Crippen LogP contribution >= 0.6 is 8.58 Å². The first-order chi connectivity index (χ1) is 8.63. The van der Waals surface area contributed by atoms with Crippen LogP contribution in [0.2, 0.25) is 0 Å². The monoisotopic (exact) mass is 264 g/mol. The van der Waals surface area contributed by atoms with E-state index in [2.05, 4.69) is 48.2 Å². The number of nitrogens with zero attached hydrogens (tertiary/aromatic N) is 2. The highest BCUT2D eigenvalue weighted by atomic mass is 31.1. The maximum absolute atomic E-state index is 12.1. The van der Waals surface area contributed by atoms with Gasteiger partial charge in [0.15, 0.2) is 0 Å². The Morgan fingerprint density at radius 1 is 1.44 bits per heavy atom. The molecule has 0 bridgehead atoms. The van der Waals surface area contributed by atoms with Crippen molar-refractivity contribution >= 4 is 14.2 Å². The maximum atomic E-state index is 12.1. The van der Waals surface area contributed by atoms with Crippen LogP contribution in [0.15, 0.2) is 24.3 Å². The molecule has 1 amide bonds. The number of benzene rings is 1. The largest absolute Gasteiger partial charge is 0.331 e. The van der Waals surface area contributed by atoms with Crippen LogP contribution in [-0.4, -0.2) is 49.3 Å². The van der Waals surface area contributed by atoms with Gasteiger partial charge in [-0.3, -0.25) is 4.79 Å². The lowest BCUT2D eigenvalue weighted by Crippen LogP contribution is -2.42. The number of carbonyl (C=O) groups is 1. The number of hydrogen-bond donors (Lipinski definition) is 0. The van der Waals surface area contributed by atoms with E-state index in [4.69, 9.17) is 0 Å². The number of rotatable bonds is 3. The highest BCUT2D eigenvalue weighted by Gasteiger charge is 2.29. The third-order valence-corrected chi connectivity index (χ3v) is 4.14. The molecule has 1 aliphatic rings. The van der Waals surface area contributed by atoms with Gasteiger partial charge >= 0.3 is 0 Å². The van der Waals surface area contributed by atoms with Gasteiger partial charge < -0.3 is 9.80 Å². The molecule has 0 aliphatic carbocycles. The summed E-state index contributed by atoms with van der Waals surface area (Å²) in [6.07, 6.45) is 0.982. The van der Waals surface area contributed by atoms with Crippen molar-refractivity contribution in [2.24, 2.45) is 0 Å². The average molecular weight is 264 g/mol. The van der Waals surface area contributed by atoms with Crippen molar-refractivity contribution in [3.63, 3.8) is 0 Å². The normalized spacial score (nSPS) is 19.6. The minimum atomic E-state index is 0.213. The van der Waals surface area contributed by atoms with E-state index in [0.29, 0.717) is 8.58 Å². The molecular formula is C14H21N2OP. The zero-order chi connectivity index (χ0) is 13.1. The molecule has 18 heavy (non-hydrogen) atoms. The van der Waals surface area contributed by atoms with Crippen LogP contribution in [0.4, 0.5) is 4.79 Å². The van der Waals surface area contributed by atoms with E-state index in [1.165, 1.54) is 11.1 Å². The number of hydrogen-bond acceptors (Lipinski definition) is 2. The lowest BCUT2D eigenvalue weighted by molar-refractivity contribution is 0.174. The second kappa shape index (κ2) is 5.81. The van der Waals surface area contributed by atoms with Gasteiger partial charge in [0.05, 0.1) is 6.04 Å². The third-order valence-electron chi connectivity index (χ3n) is 3.43. The van der Waals surface area contributed by atoms with E-state index in [1.54, 1.807) is 0 Å². The van der Waals surface area contributed by atoms with Gasteiger partial charge in [-0.15, -0.1) is 0 Å². The van der Waals surface area contributed by atoms with Crippen LogP contribution in [0.25, 0.3) is 0 Å². The third kappa shape index (κ3) is 2.73. The molecule has 0 N–H and O–H groups in total. The summed E-state index contributed by atoms with van der Waals surface area (Å²) in [6, 6.07) is 8.73. The highest BCUT2D eigenvalue weighted by Crippen LogP contribution is 2.32. The van der Waals surface area contributed by atoms with Crippen molar-refractivity contribution in [2.75, 3.05) is 33.8 Å². The molecule has 3 nitrogen and oxygen atoms in total. The SMILES string of the molecule is CPC(=O)N1CCc2ccccc2C1CN(C)C. The summed E-state index contributed by atoms with van der Waals surface area (Å²) in [5, 5.41) is 0. The Morgan fingerprint density at radius 3 is 2.83 bits per heavy atom. The second-order valence-electron chi connectivity index (χ2n) is 4.98. The minimum Gasteiger partial charge on any atom is -0.331 e. The average Bonchev–Trinajstić information content (AvgIpc) is 2.37. The van der Waals surface area contributed by atoms with Crippen molar-refractivity contribution in [1.29, 1.82) is 0 Å². The molecule has 0 aromatic heterocycles. The van der Waals surface area contributed by atoms with Crippen LogP contribution in [0.3, 0.4) is 0 Å². The van der Waals surface area contributed by atoms with E-state index < -0.39 is 0 Å². The van der Waals surface area contributed by atoms with Crippen LogP contribution < -0.4 is 0 Å². The van der Waals surface area contributed by atoms with Gasteiger partial charge in [0.25, 0.3) is 0 Å². The Labute approximate surface area is 111 Å². The first-order valence-electron chi connectivity index (χ1n) is 6.34. The van der Waals surface area contributed by atoms with Gasteiger partial charge in [-0.1, -0.05) is 24.3 Å². The predicted octanol–water partition coefficient (Wildman–Crippen LogP) is 2.58. The van der Waals surface area contributed by atoms with Crippen LogP contribution in [0.5, 0.6) is 0 Å². The molecule has 2 unspecified atom stereocenters. The molecule has 4 heteroatoms. The molecule has 0 saturated carbocycles. The van der Waals surface area contributed by atoms with E-state index >= 15 is 0 Å². The van der Waals surface area contributed by atoms with Gasteiger partial charge in [0.2, 0.25) is 5.65 Å². The lowest BCUT2D eigenvalue weighted by Gasteiger charge is -2.38. The molecule has 1 heterocycles. The zero-order valence-electron chi connectivity index (χ0n) is 11.3. The molecule has 0 fully saturated rings. The van der Waals surface area contributed by atoms with Crippen molar-refractivity contribution in [3.05, 3.63) is 35.4 Å². The van der Waals surface area contributed by atoms with Crippen LogP contribution in [0.1, 0.15) is 17.2 Å². The van der Waals surface area contributed by atoms with Crippen LogP contribution in [0, 0.1) is 0 Å². The lowest BCUT2D eigenvalue weighted by atomic mass is 9.93. The van der Waals surface area contributed by atoms with E-state index in [-0.39, 0.29) is 11.7 Å². The molecule has 2 rings (SSSR count). The summed E-state index contributed by atoms with van der Waals surface area (Å²) in [4.78, 5) is 16.3. The van der Waals surface area contributed by atoms with Gasteiger partial charge in [0, 0.05) is 13.1 Å². The molecular weight excluding hydrogens is 243 g/mol. The van der Waals surface area contributed by atoms with Gasteiger partial charge in [0.1, 0.15) is 0 Å². The van der Waals surface area contributed by atoms with Crippen molar-refractivity contribution in [3.8, 4) is 0 Å². The molecule has 0 saturated heterocycles. The highest BCUT2D eigenvalue weighted by molar-refractivity contribution is 7.56. The molecule has 1 aliphatic heterocycles. The standard InChI is InChI=1S/C14H21N2OP/c1-15(2)10-13-12-7-5-4-6-11(12)8-9-16(13)14(17)18-3/h4-7,13,18H,8-10H2,1-3H3. The smallest absolute Gasteiger partial charge is 0.240 e. The van der Waals surface area contributed by atoms with Crippen LogP contribution in [-0.2, 0) is 6.42 Å². The maximum Gasteiger partial charge on any atom is 0.240 e. The van der Waals surface area contributed by atoms with E-state index in [1.807, 2.05) is 6.66 Å². The topological polar surface area (TPSA) is 23.6 Å². The van der Waals surface area contributed by atoms with E-state index in [0.717, 1.165) is 19.5 Å². The van der Waals surface area contributed by atoms with Gasteiger partial charge in [-0.25, -0.2) is 0 Å². The molecule has 1 aromatic rings. The summed E-state index contributed by atoms with van der Waals surface area (Å²) in [5.74, 6) is 0. The zero-order valence-corrected chi connectivity index (χ0v) is 12.3. The Bertz CT molecular complexity index is 434. The van der Waals surface area contributed by atoms with Crippen molar-refractivity contribution < 1.29 is 4.79 Å². The first-order valence-corrected chi connectivity index (χ1v) is 7.84. The summed E-state index contributed by atoms with van der Waals surface area (Å²) >= 11 is 0. The Hall–Kier alpha value is -0.920. The predicted molar refractivity (Wildman–Crippen MR) is 77.8 cm³/mol. The quantitative estimate of drug-likeness (QED) is 0.783. The second-order valence-corrected chi connectivity index (χ2v) is 5.90. The summed E-state index contributed by atoms with van der Waals surface area (Å²) < 4.78 is 0. The number of carbonyl (C=O) groups excluding carboxylic acids is 1. The Balaban J connectivity index is 2.33. The minimum absolute atomic E-state index is 0.213. The van der Waals surface area contributed by atoms with E-state index in [9.17, 15) is 4.79 Å². The summed E-state index contributed by atoms with van der Waals surface area (Å²) in [7, 11) is 4.48. The molecule has 98 valence electrons. The summed E-state index contributed by atoms with van der Waals surface area (Å²) in [6.45, 7) is 3.72. The summed E-state index contributed by atoms with van der Waals surface area (Å²) in [5.41, 5.74) is 3.01. The molecule has 0 spiro atoms. The Kier molecular flexibility index (Phi) is 4.36. The molecule has 0 radical (unpaired) electrons. The molecule has 2 atom stereocenters. The van der Waals surface area contributed by atoms with Crippen molar-refractivity contribution in [2.45, 2.75) is 12.5 Å². The van der Waals surface area contributed by atoms with Gasteiger partial charge in [-0.2, -0.15) is 0 Å². The fraction of sp³-hybridized carbons (Fsp3) is 0.500. The first kappa shape index (κ1) is 13.5. The molecule has 1 aromatic carbocycles. The fourth-order valence-corrected chi connectivity index (χ4v) is 3.14.